The lowest BCUT2D eigenvalue weighted by Gasteiger charge is -2.25. The summed E-state index contributed by atoms with van der Waals surface area (Å²) in [6, 6.07) is 3.25. The SMILES string of the molecule is CCC(CC)N(C)S(=O)(=O)c1cccnc1. The average molecular weight is 242 g/mol. The normalized spacial score (nSPS) is 12.3. The molecule has 0 aliphatic rings. The summed E-state index contributed by atoms with van der Waals surface area (Å²) in [5.74, 6) is 0. The monoisotopic (exact) mass is 242 g/mol. The average Bonchev–Trinajstić information content (AvgIpc) is 2.31. The van der Waals surface area contributed by atoms with Crippen molar-refractivity contribution in [2.75, 3.05) is 7.05 Å². The van der Waals surface area contributed by atoms with E-state index >= 15 is 0 Å². The Morgan fingerprint density at radius 3 is 2.44 bits per heavy atom. The van der Waals surface area contributed by atoms with E-state index in [-0.39, 0.29) is 10.9 Å². The molecule has 0 radical (unpaired) electrons. The van der Waals surface area contributed by atoms with Crippen molar-refractivity contribution in [3.05, 3.63) is 24.5 Å². The van der Waals surface area contributed by atoms with E-state index in [1.807, 2.05) is 13.8 Å². The van der Waals surface area contributed by atoms with Crippen LogP contribution in [0.15, 0.2) is 29.4 Å². The predicted octanol–water partition coefficient (Wildman–Crippen LogP) is 1.89. The Bertz CT molecular complexity index is 413. The molecule has 0 aliphatic carbocycles. The molecule has 0 aliphatic heterocycles. The zero-order chi connectivity index (χ0) is 12.2. The molecule has 90 valence electrons. The van der Waals surface area contributed by atoms with Gasteiger partial charge in [-0.25, -0.2) is 8.42 Å². The van der Waals surface area contributed by atoms with E-state index in [0.29, 0.717) is 0 Å². The van der Waals surface area contributed by atoms with Crippen LogP contribution in [0.2, 0.25) is 0 Å². The molecule has 0 fully saturated rings. The van der Waals surface area contributed by atoms with Gasteiger partial charge in [-0.2, -0.15) is 4.31 Å². The molecule has 1 aromatic heterocycles. The molecule has 4 nitrogen and oxygen atoms in total. The van der Waals surface area contributed by atoms with Crippen molar-refractivity contribution < 1.29 is 8.42 Å². The van der Waals surface area contributed by atoms with Gasteiger partial charge in [0.15, 0.2) is 0 Å². The number of hydrogen-bond donors (Lipinski definition) is 0. The number of sulfonamides is 1. The maximum atomic E-state index is 12.2. The highest BCUT2D eigenvalue weighted by atomic mass is 32.2. The van der Waals surface area contributed by atoms with Crippen LogP contribution < -0.4 is 0 Å². The minimum absolute atomic E-state index is 0.0465. The molecule has 0 amide bonds. The van der Waals surface area contributed by atoms with Gasteiger partial charge in [0.05, 0.1) is 0 Å². The van der Waals surface area contributed by atoms with E-state index in [9.17, 15) is 8.42 Å². The van der Waals surface area contributed by atoms with Crippen molar-refractivity contribution in [1.29, 1.82) is 0 Å². The Morgan fingerprint density at radius 2 is 2.00 bits per heavy atom. The second kappa shape index (κ2) is 5.41. The first-order valence-corrected chi connectivity index (χ1v) is 6.86. The molecule has 16 heavy (non-hydrogen) atoms. The van der Waals surface area contributed by atoms with E-state index in [4.69, 9.17) is 0 Å². The van der Waals surface area contributed by atoms with Crippen molar-refractivity contribution in [3.8, 4) is 0 Å². The van der Waals surface area contributed by atoms with Crippen molar-refractivity contribution in [3.63, 3.8) is 0 Å². The molecule has 0 saturated carbocycles. The highest BCUT2D eigenvalue weighted by Gasteiger charge is 2.25. The van der Waals surface area contributed by atoms with E-state index in [1.54, 1.807) is 25.4 Å². The number of rotatable bonds is 5. The van der Waals surface area contributed by atoms with Crippen LogP contribution in [-0.2, 0) is 10.0 Å². The van der Waals surface area contributed by atoms with Gasteiger partial charge < -0.3 is 0 Å². The molecule has 0 unspecified atom stereocenters. The van der Waals surface area contributed by atoms with Gasteiger partial charge in [0.25, 0.3) is 0 Å². The number of nitrogens with zero attached hydrogens (tertiary/aromatic N) is 2. The molecule has 0 spiro atoms. The molecule has 1 rings (SSSR count). The van der Waals surface area contributed by atoms with Crippen LogP contribution in [0, 0.1) is 0 Å². The highest BCUT2D eigenvalue weighted by Crippen LogP contribution is 2.18. The molecule has 0 saturated heterocycles. The first-order chi connectivity index (χ1) is 7.54. The molecule has 0 atom stereocenters. The van der Waals surface area contributed by atoms with Crippen LogP contribution in [0.4, 0.5) is 0 Å². The fraction of sp³-hybridized carbons (Fsp3) is 0.545. The van der Waals surface area contributed by atoms with Crippen molar-refractivity contribution >= 4 is 10.0 Å². The summed E-state index contributed by atoms with van der Waals surface area (Å²) >= 11 is 0. The first-order valence-electron chi connectivity index (χ1n) is 5.42. The van der Waals surface area contributed by atoms with E-state index in [1.165, 1.54) is 10.5 Å². The van der Waals surface area contributed by atoms with Gasteiger partial charge in [0.1, 0.15) is 4.90 Å². The number of pyridine rings is 1. The maximum Gasteiger partial charge on any atom is 0.244 e. The number of aromatic nitrogens is 1. The molecule has 0 N–H and O–H groups in total. The van der Waals surface area contributed by atoms with Crippen LogP contribution in [0.3, 0.4) is 0 Å². The summed E-state index contributed by atoms with van der Waals surface area (Å²) in [6.45, 7) is 3.98. The molecular weight excluding hydrogens is 224 g/mol. The molecule has 1 heterocycles. The zero-order valence-electron chi connectivity index (χ0n) is 9.92. The smallest absolute Gasteiger partial charge is 0.244 e. The predicted molar refractivity (Wildman–Crippen MR) is 63.6 cm³/mol. The lowest BCUT2D eigenvalue weighted by molar-refractivity contribution is 0.349. The van der Waals surface area contributed by atoms with Gasteiger partial charge in [0, 0.05) is 25.5 Å². The van der Waals surface area contributed by atoms with Crippen LogP contribution in [0.5, 0.6) is 0 Å². The van der Waals surface area contributed by atoms with Gasteiger partial charge in [-0.3, -0.25) is 4.98 Å². The zero-order valence-corrected chi connectivity index (χ0v) is 10.7. The van der Waals surface area contributed by atoms with Gasteiger partial charge in [-0.1, -0.05) is 13.8 Å². The lowest BCUT2D eigenvalue weighted by Crippen LogP contribution is -2.36. The minimum atomic E-state index is -3.39. The van der Waals surface area contributed by atoms with E-state index in [0.717, 1.165) is 12.8 Å². The second-order valence-corrected chi connectivity index (χ2v) is 5.68. The van der Waals surface area contributed by atoms with Crippen LogP contribution in [-0.4, -0.2) is 30.8 Å². The highest BCUT2D eigenvalue weighted by molar-refractivity contribution is 7.89. The summed E-state index contributed by atoms with van der Waals surface area (Å²) in [4.78, 5) is 4.09. The van der Waals surface area contributed by atoms with Gasteiger partial charge in [0.2, 0.25) is 10.0 Å². The lowest BCUT2D eigenvalue weighted by atomic mass is 10.2. The number of hydrogen-bond acceptors (Lipinski definition) is 3. The Morgan fingerprint density at radius 1 is 1.38 bits per heavy atom. The fourth-order valence-electron chi connectivity index (χ4n) is 1.67. The summed E-state index contributed by atoms with van der Waals surface area (Å²) in [6.07, 6.45) is 4.57. The third-order valence-corrected chi connectivity index (χ3v) is 4.66. The fourth-order valence-corrected chi connectivity index (χ4v) is 3.13. The quantitative estimate of drug-likeness (QED) is 0.792. The van der Waals surface area contributed by atoms with Crippen molar-refractivity contribution in [2.24, 2.45) is 0 Å². The third kappa shape index (κ3) is 2.59. The summed E-state index contributed by atoms with van der Waals surface area (Å²) < 4.78 is 25.8. The summed E-state index contributed by atoms with van der Waals surface area (Å²) in [5, 5.41) is 0. The van der Waals surface area contributed by atoms with Gasteiger partial charge in [-0.05, 0) is 25.0 Å². The van der Waals surface area contributed by atoms with Crippen molar-refractivity contribution in [2.45, 2.75) is 37.6 Å². The largest absolute Gasteiger partial charge is 0.263 e. The standard InChI is InChI=1S/C11H18N2O2S/c1-4-10(5-2)13(3)16(14,15)11-7-6-8-12-9-11/h6-10H,4-5H2,1-3H3. The van der Waals surface area contributed by atoms with Crippen molar-refractivity contribution in [1.82, 2.24) is 9.29 Å². The maximum absolute atomic E-state index is 12.2. The Hall–Kier alpha value is -0.940. The van der Waals surface area contributed by atoms with Crippen LogP contribution in [0.25, 0.3) is 0 Å². The first kappa shape index (κ1) is 13.1. The van der Waals surface area contributed by atoms with Crippen LogP contribution >= 0.6 is 0 Å². The van der Waals surface area contributed by atoms with Crippen LogP contribution in [0.1, 0.15) is 26.7 Å². The van der Waals surface area contributed by atoms with Gasteiger partial charge in [-0.15, -0.1) is 0 Å². The Labute approximate surface area is 97.4 Å². The van der Waals surface area contributed by atoms with E-state index in [2.05, 4.69) is 4.98 Å². The topological polar surface area (TPSA) is 50.3 Å². The molecule has 1 aromatic rings. The minimum Gasteiger partial charge on any atom is -0.263 e. The van der Waals surface area contributed by atoms with Gasteiger partial charge >= 0.3 is 0 Å². The molecular formula is C11H18N2O2S. The van der Waals surface area contributed by atoms with E-state index < -0.39 is 10.0 Å². The second-order valence-electron chi connectivity index (χ2n) is 3.68. The Kier molecular flexibility index (Phi) is 4.44. The molecule has 0 aromatic carbocycles. The third-order valence-electron chi connectivity index (χ3n) is 2.77. The summed E-state index contributed by atoms with van der Waals surface area (Å²) in [7, 11) is -1.77. The molecule has 0 bridgehead atoms. The molecule has 5 heteroatoms. The Balaban J connectivity index is 3.03. The summed E-state index contributed by atoms with van der Waals surface area (Å²) in [5.41, 5.74) is 0.